The van der Waals surface area contributed by atoms with E-state index >= 15 is 0 Å². The molecule has 0 aliphatic rings. The van der Waals surface area contributed by atoms with Gasteiger partial charge in [-0.3, -0.25) is 0 Å². The molecule has 1 aromatic heterocycles. The molecule has 1 heterocycles. The molecule has 5 nitrogen and oxygen atoms in total. The molecular formula is C13H12F2N4O. The van der Waals surface area contributed by atoms with Crippen molar-refractivity contribution in [1.82, 2.24) is 15.3 Å². The molecule has 0 atom stereocenters. The van der Waals surface area contributed by atoms with Crippen molar-refractivity contribution in [2.75, 3.05) is 11.9 Å². The van der Waals surface area contributed by atoms with Crippen LogP contribution in [0.25, 0.3) is 0 Å². The van der Waals surface area contributed by atoms with Gasteiger partial charge < -0.3 is 10.6 Å². The number of carbonyl (C=O) groups excluding carboxylic acids is 1. The molecule has 1 aromatic carbocycles. The maximum absolute atomic E-state index is 13.3. The molecule has 7 heteroatoms. The molecule has 0 aliphatic carbocycles. The Morgan fingerprint density at radius 3 is 2.45 bits per heavy atom. The molecule has 0 saturated heterocycles. The van der Waals surface area contributed by atoms with E-state index in [-0.39, 0.29) is 0 Å². The number of urea groups is 1. The van der Waals surface area contributed by atoms with Crippen LogP contribution < -0.4 is 10.6 Å². The number of benzene rings is 1. The van der Waals surface area contributed by atoms with Crippen LogP contribution in [0.2, 0.25) is 0 Å². The van der Waals surface area contributed by atoms with Crippen molar-refractivity contribution in [1.29, 1.82) is 0 Å². The lowest BCUT2D eigenvalue weighted by molar-refractivity contribution is 0.252. The summed E-state index contributed by atoms with van der Waals surface area (Å²) in [6, 6.07) is 2.69. The number of rotatable bonds is 4. The summed E-state index contributed by atoms with van der Waals surface area (Å²) in [6.45, 7) is 0.301. The molecule has 0 bridgehead atoms. The van der Waals surface area contributed by atoms with Gasteiger partial charge in [0.1, 0.15) is 23.6 Å². The molecule has 0 radical (unpaired) electrons. The fraction of sp³-hybridized carbons (Fsp3) is 0.154. The zero-order chi connectivity index (χ0) is 14.4. The van der Waals surface area contributed by atoms with Crippen LogP contribution in [0.15, 0.2) is 36.9 Å². The lowest BCUT2D eigenvalue weighted by Gasteiger charge is -2.09. The van der Waals surface area contributed by atoms with Crippen molar-refractivity contribution in [3.63, 3.8) is 0 Å². The predicted octanol–water partition coefficient (Wildman–Crippen LogP) is 2.12. The number of nitrogens with zero attached hydrogens (tertiary/aromatic N) is 2. The number of hydrogen-bond acceptors (Lipinski definition) is 3. The van der Waals surface area contributed by atoms with Crippen LogP contribution in [0.1, 0.15) is 5.56 Å². The summed E-state index contributed by atoms with van der Waals surface area (Å²) < 4.78 is 26.6. The molecule has 2 amide bonds. The smallest absolute Gasteiger partial charge is 0.319 e. The Bertz CT molecular complexity index is 572. The Balaban J connectivity index is 1.84. The first kappa shape index (κ1) is 13.9. The van der Waals surface area contributed by atoms with Crippen LogP contribution in [0.4, 0.5) is 19.3 Å². The van der Waals surface area contributed by atoms with Crippen molar-refractivity contribution in [3.05, 3.63) is 54.1 Å². The summed E-state index contributed by atoms with van der Waals surface area (Å²) in [6.07, 6.45) is 5.19. The van der Waals surface area contributed by atoms with Crippen molar-refractivity contribution in [2.45, 2.75) is 6.42 Å². The van der Waals surface area contributed by atoms with Gasteiger partial charge >= 0.3 is 6.03 Å². The van der Waals surface area contributed by atoms with Crippen LogP contribution in [-0.2, 0) is 6.42 Å². The molecule has 2 N–H and O–H groups in total. The van der Waals surface area contributed by atoms with Gasteiger partial charge in [0.25, 0.3) is 0 Å². The lowest BCUT2D eigenvalue weighted by atomic mass is 10.2. The average molecular weight is 278 g/mol. The highest BCUT2D eigenvalue weighted by Gasteiger charge is 2.11. The first-order chi connectivity index (χ1) is 9.66. The highest BCUT2D eigenvalue weighted by atomic mass is 19.1. The molecule has 0 spiro atoms. The largest absolute Gasteiger partial charge is 0.338 e. The highest BCUT2D eigenvalue weighted by molar-refractivity contribution is 5.89. The third-order valence-corrected chi connectivity index (χ3v) is 2.51. The first-order valence-corrected chi connectivity index (χ1v) is 5.89. The average Bonchev–Trinajstić information content (AvgIpc) is 2.44. The van der Waals surface area contributed by atoms with Crippen LogP contribution in [0.3, 0.4) is 0 Å². The second kappa shape index (κ2) is 6.55. The summed E-state index contributed by atoms with van der Waals surface area (Å²) in [4.78, 5) is 19.2. The topological polar surface area (TPSA) is 66.9 Å². The zero-order valence-electron chi connectivity index (χ0n) is 10.4. The first-order valence-electron chi connectivity index (χ1n) is 5.89. The third-order valence-electron chi connectivity index (χ3n) is 2.51. The van der Waals surface area contributed by atoms with Gasteiger partial charge in [0, 0.05) is 18.9 Å². The SMILES string of the molecule is O=C(NCCc1cncnc1)Nc1c(F)cccc1F. The lowest BCUT2D eigenvalue weighted by Crippen LogP contribution is -2.31. The van der Waals surface area contributed by atoms with Crippen molar-refractivity contribution >= 4 is 11.7 Å². The van der Waals surface area contributed by atoms with E-state index < -0.39 is 23.4 Å². The van der Waals surface area contributed by atoms with E-state index in [9.17, 15) is 13.6 Å². The van der Waals surface area contributed by atoms with Gasteiger partial charge in [0.05, 0.1) is 0 Å². The van der Waals surface area contributed by atoms with E-state index in [0.717, 1.165) is 17.7 Å². The Labute approximate surface area is 114 Å². The van der Waals surface area contributed by atoms with E-state index in [4.69, 9.17) is 0 Å². The minimum Gasteiger partial charge on any atom is -0.338 e. The van der Waals surface area contributed by atoms with Gasteiger partial charge in [-0.05, 0) is 24.1 Å². The normalized spacial score (nSPS) is 10.1. The Morgan fingerprint density at radius 2 is 1.80 bits per heavy atom. The number of halogens is 2. The maximum atomic E-state index is 13.3. The van der Waals surface area contributed by atoms with E-state index in [2.05, 4.69) is 20.6 Å². The summed E-state index contributed by atoms with van der Waals surface area (Å²) >= 11 is 0. The van der Waals surface area contributed by atoms with Crippen molar-refractivity contribution in [2.24, 2.45) is 0 Å². The van der Waals surface area contributed by atoms with Crippen LogP contribution >= 0.6 is 0 Å². The molecule has 20 heavy (non-hydrogen) atoms. The monoisotopic (exact) mass is 278 g/mol. The van der Waals surface area contributed by atoms with Gasteiger partial charge in [-0.2, -0.15) is 0 Å². The molecule has 0 unspecified atom stereocenters. The quantitative estimate of drug-likeness (QED) is 0.900. The fourth-order valence-electron chi connectivity index (χ4n) is 1.55. The number of hydrogen-bond donors (Lipinski definition) is 2. The zero-order valence-corrected chi connectivity index (χ0v) is 10.4. The van der Waals surface area contributed by atoms with Crippen LogP contribution in [0.5, 0.6) is 0 Å². The summed E-state index contributed by atoms with van der Waals surface area (Å²) in [5, 5.41) is 4.63. The van der Waals surface area contributed by atoms with E-state index in [1.165, 1.54) is 12.4 Å². The second-order valence-electron chi connectivity index (χ2n) is 3.97. The Morgan fingerprint density at radius 1 is 1.15 bits per heavy atom. The van der Waals surface area contributed by atoms with Crippen molar-refractivity contribution in [3.8, 4) is 0 Å². The molecule has 0 saturated carbocycles. The summed E-state index contributed by atoms with van der Waals surface area (Å²) in [5.41, 5.74) is 0.387. The van der Waals surface area contributed by atoms with E-state index in [1.54, 1.807) is 12.4 Å². The Hall–Kier alpha value is -2.57. The van der Waals surface area contributed by atoms with Gasteiger partial charge in [0.2, 0.25) is 0 Å². The standard InChI is InChI=1S/C13H12F2N4O/c14-10-2-1-3-11(15)12(10)19-13(20)18-5-4-9-6-16-8-17-7-9/h1-3,6-8H,4-5H2,(H2,18,19,20). The van der Waals surface area contributed by atoms with Gasteiger partial charge in [-0.15, -0.1) is 0 Å². The number of para-hydroxylation sites is 1. The highest BCUT2D eigenvalue weighted by Crippen LogP contribution is 2.17. The van der Waals surface area contributed by atoms with Crippen molar-refractivity contribution < 1.29 is 13.6 Å². The number of carbonyl (C=O) groups is 1. The van der Waals surface area contributed by atoms with Gasteiger partial charge in [-0.25, -0.2) is 23.5 Å². The molecule has 2 rings (SSSR count). The molecular weight excluding hydrogens is 266 g/mol. The molecule has 0 aliphatic heterocycles. The fourth-order valence-corrected chi connectivity index (χ4v) is 1.55. The van der Waals surface area contributed by atoms with Gasteiger partial charge in [0.15, 0.2) is 0 Å². The van der Waals surface area contributed by atoms with Gasteiger partial charge in [-0.1, -0.05) is 6.07 Å². The number of anilines is 1. The number of aromatic nitrogens is 2. The third kappa shape index (κ3) is 3.71. The summed E-state index contributed by atoms with van der Waals surface area (Å²) in [7, 11) is 0. The Kier molecular flexibility index (Phi) is 4.54. The minimum absolute atomic E-state index is 0.301. The second-order valence-corrected chi connectivity index (χ2v) is 3.97. The van der Waals surface area contributed by atoms with E-state index in [1.807, 2.05) is 0 Å². The van der Waals surface area contributed by atoms with E-state index in [0.29, 0.717) is 13.0 Å². The molecule has 2 aromatic rings. The minimum atomic E-state index is -0.823. The molecule has 0 fully saturated rings. The maximum Gasteiger partial charge on any atom is 0.319 e. The number of nitrogens with one attached hydrogen (secondary N) is 2. The van der Waals surface area contributed by atoms with Crippen LogP contribution in [0, 0.1) is 11.6 Å². The predicted molar refractivity (Wildman–Crippen MR) is 69.1 cm³/mol. The molecule has 104 valence electrons. The summed E-state index contributed by atoms with van der Waals surface area (Å²) in [5.74, 6) is -1.65. The van der Waals surface area contributed by atoms with Crippen LogP contribution in [-0.4, -0.2) is 22.5 Å². The number of amides is 2.